The standard InChI is InChI=1S/C23H26NOPS/c1-18-13-19(2)15-24(14-18)26(25)16-22(20-9-5-3-6-10-20)27-23(17-26)21-11-7-4-8-12-21/h3-12,16-19H,13-15H2,1-2H3. The fourth-order valence-electron chi connectivity index (χ4n) is 4.06. The van der Waals surface area contributed by atoms with Crippen LogP contribution in [0.5, 0.6) is 0 Å². The Morgan fingerprint density at radius 2 is 1.26 bits per heavy atom. The lowest BCUT2D eigenvalue weighted by Crippen LogP contribution is -2.35. The molecule has 2 unspecified atom stereocenters. The number of hydrogen-bond acceptors (Lipinski definition) is 2. The summed E-state index contributed by atoms with van der Waals surface area (Å²) in [7, 11) is -2.72. The minimum Gasteiger partial charge on any atom is -0.297 e. The molecule has 0 bridgehead atoms. The average Bonchev–Trinajstić information content (AvgIpc) is 2.68. The van der Waals surface area contributed by atoms with Crippen LogP contribution in [0.3, 0.4) is 0 Å². The highest BCUT2D eigenvalue weighted by Crippen LogP contribution is 2.63. The summed E-state index contributed by atoms with van der Waals surface area (Å²) in [5.74, 6) is 5.25. The first kappa shape index (κ1) is 18.8. The number of benzene rings is 2. The fourth-order valence-corrected chi connectivity index (χ4v) is 8.58. The number of nitrogens with zero attached hydrogens (tertiary/aromatic N) is 1. The van der Waals surface area contributed by atoms with E-state index in [1.54, 1.807) is 11.8 Å². The fraction of sp³-hybridized carbons (Fsp3) is 0.304. The first-order valence-electron chi connectivity index (χ1n) is 9.63. The van der Waals surface area contributed by atoms with Crippen LogP contribution < -0.4 is 0 Å². The lowest BCUT2D eigenvalue weighted by Gasteiger charge is -2.39. The summed E-state index contributed by atoms with van der Waals surface area (Å²) >= 11 is 1.73. The molecule has 0 aliphatic carbocycles. The molecule has 0 radical (unpaired) electrons. The third kappa shape index (κ3) is 4.16. The Kier molecular flexibility index (Phi) is 5.45. The lowest BCUT2D eigenvalue weighted by molar-refractivity contribution is 0.224. The molecule has 2 aliphatic rings. The van der Waals surface area contributed by atoms with Crippen molar-refractivity contribution in [1.29, 1.82) is 0 Å². The van der Waals surface area contributed by atoms with Gasteiger partial charge in [0.2, 0.25) is 0 Å². The van der Waals surface area contributed by atoms with Crippen LogP contribution in [0.4, 0.5) is 0 Å². The van der Waals surface area contributed by atoms with E-state index in [4.69, 9.17) is 0 Å². The molecular weight excluding hydrogens is 369 g/mol. The number of rotatable bonds is 3. The second-order valence-electron chi connectivity index (χ2n) is 7.81. The smallest absolute Gasteiger partial charge is 0.195 e. The van der Waals surface area contributed by atoms with Gasteiger partial charge >= 0.3 is 0 Å². The van der Waals surface area contributed by atoms with Gasteiger partial charge in [0.15, 0.2) is 7.29 Å². The van der Waals surface area contributed by atoms with E-state index in [2.05, 4.69) is 42.8 Å². The molecule has 27 heavy (non-hydrogen) atoms. The van der Waals surface area contributed by atoms with Crippen LogP contribution >= 0.6 is 19.1 Å². The van der Waals surface area contributed by atoms with Crippen LogP contribution in [0.1, 0.15) is 31.4 Å². The second kappa shape index (κ2) is 7.83. The van der Waals surface area contributed by atoms with Crippen LogP contribution in [0.15, 0.2) is 72.3 Å². The van der Waals surface area contributed by atoms with Gasteiger partial charge in [0.25, 0.3) is 0 Å². The molecule has 0 saturated carbocycles. The van der Waals surface area contributed by atoms with Crippen LogP contribution in [0.25, 0.3) is 9.81 Å². The number of piperidine rings is 1. The maximum absolute atomic E-state index is 14.2. The van der Waals surface area contributed by atoms with E-state index >= 15 is 0 Å². The van der Waals surface area contributed by atoms with E-state index in [-0.39, 0.29) is 0 Å². The highest BCUT2D eigenvalue weighted by molar-refractivity contribution is 8.17. The molecule has 0 N–H and O–H groups in total. The Bertz CT molecular complexity index is 837. The normalized spacial score (nSPS) is 25.6. The number of thioether (sulfide) groups is 1. The summed E-state index contributed by atoms with van der Waals surface area (Å²) < 4.78 is 16.5. The highest BCUT2D eigenvalue weighted by atomic mass is 32.2. The van der Waals surface area contributed by atoms with Gasteiger partial charge < -0.3 is 0 Å². The third-order valence-electron chi connectivity index (χ3n) is 5.23. The van der Waals surface area contributed by atoms with Gasteiger partial charge in [0.05, 0.1) is 0 Å². The van der Waals surface area contributed by atoms with Crippen molar-refractivity contribution in [3.8, 4) is 0 Å². The molecule has 0 aromatic heterocycles. The van der Waals surface area contributed by atoms with E-state index < -0.39 is 7.29 Å². The minimum absolute atomic E-state index is 0.580. The molecule has 2 aliphatic heterocycles. The van der Waals surface area contributed by atoms with E-state index in [0.29, 0.717) is 11.8 Å². The van der Waals surface area contributed by atoms with E-state index in [1.807, 2.05) is 48.0 Å². The monoisotopic (exact) mass is 395 g/mol. The maximum Gasteiger partial charge on any atom is 0.195 e. The van der Waals surface area contributed by atoms with Crippen molar-refractivity contribution in [1.82, 2.24) is 4.67 Å². The van der Waals surface area contributed by atoms with Crippen LogP contribution in [0, 0.1) is 11.8 Å². The van der Waals surface area contributed by atoms with Gasteiger partial charge in [0.1, 0.15) is 0 Å². The van der Waals surface area contributed by atoms with Crippen molar-refractivity contribution in [2.75, 3.05) is 13.1 Å². The molecule has 4 rings (SSSR count). The van der Waals surface area contributed by atoms with Crippen molar-refractivity contribution < 1.29 is 4.57 Å². The van der Waals surface area contributed by atoms with E-state index in [1.165, 1.54) is 6.42 Å². The molecule has 2 aromatic carbocycles. The molecule has 0 spiro atoms. The zero-order chi connectivity index (χ0) is 18.9. The average molecular weight is 396 g/mol. The van der Waals surface area contributed by atoms with Crippen molar-refractivity contribution in [3.05, 3.63) is 83.4 Å². The Morgan fingerprint density at radius 1 is 0.815 bits per heavy atom. The number of hydrogen-bond donors (Lipinski definition) is 0. The van der Waals surface area contributed by atoms with Crippen molar-refractivity contribution in [2.45, 2.75) is 20.3 Å². The second-order valence-corrected chi connectivity index (χ2v) is 11.3. The van der Waals surface area contributed by atoms with Crippen molar-refractivity contribution in [2.24, 2.45) is 11.8 Å². The van der Waals surface area contributed by atoms with E-state index in [9.17, 15) is 4.57 Å². The van der Waals surface area contributed by atoms with Gasteiger partial charge in [-0.3, -0.25) is 4.57 Å². The highest BCUT2D eigenvalue weighted by Gasteiger charge is 2.35. The molecule has 2 nitrogen and oxygen atoms in total. The third-order valence-corrected chi connectivity index (χ3v) is 9.20. The van der Waals surface area contributed by atoms with Crippen LogP contribution in [-0.2, 0) is 4.57 Å². The summed E-state index contributed by atoms with van der Waals surface area (Å²) in [6.07, 6.45) is 1.22. The zero-order valence-corrected chi connectivity index (χ0v) is 17.6. The Balaban J connectivity index is 1.78. The predicted octanol–water partition coefficient (Wildman–Crippen LogP) is 6.99. The molecule has 4 heteroatoms. The molecule has 1 fully saturated rings. The van der Waals surface area contributed by atoms with Gasteiger partial charge in [-0.25, -0.2) is 4.67 Å². The molecule has 2 heterocycles. The quantitative estimate of drug-likeness (QED) is 0.523. The Labute approximate surface area is 166 Å². The van der Waals surface area contributed by atoms with Crippen molar-refractivity contribution in [3.63, 3.8) is 0 Å². The van der Waals surface area contributed by atoms with E-state index in [0.717, 1.165) is 34.0 Å². The van der Waals surface area contributed by atoms with Crippen LogP contribution in [-0.4, -0.2) is 17.8 Å². The van der Waals surface area contributed by atoms with Gasteiger partial charge in [-0.1, -0.05) is 86.3 Å². The Hall–Kier alpha value is -1.54. The summed E-state index contributed by atoms with van der Waals surface area (Å²) in [5.41, 5.74) is 2.28. The summed E-state index contributed by atoms with van der Waals surface area (Å²) in [5, 5.41) is 0. The molecule has 1 saturated heterocycles. The van der Waals surface area contributed by atoms with Gasteiger partial charge in [-0.2, -0.15) is 0 Å². The first-order valence-corrected chi connectivity index (χ1v) is 12.2. The van der Waals surface area contributed by atoms with Gasteiger partial charge in [0, 0.05) is 34.5 Å². The first-order chi connectivity index (χ1) is 13.0. The summed E-state index contributed by atoms with van der Waals surface area (Å²) in [6.45, 7) is 6.36. The molecule has 140 valence electrons. The summed E-state index contributed by atoms with van der Waals surface area (Å²) in [4.78, 5) is 2.21. The minimum atomic E-state index is -2.72. The van der Waals surface area contributed by atoms with Crippen LogP contribution in [0.2, 0.25) is 0 Å². The topological polar surface area (TPSA) is 20.3 Å². The lowest BCUT2D eigenvalue weighted by atomic mass is 9.94. The molecular formula is C23H26NOPS. The largest absolute Gasteiger partial charge is 0.297 e. The zero-order valence-electron chi connectivity index (χ0n) is 15.9. The molecule has 2 aromatic rings. The van der Waals surface area contributed by atoms with Crippen molar-refractivity contribution >= 4 is 28.9 Å². The molecule has 2 atom stereocenters. The predicted molar refractivity (Wildman–Crippen MR) is 119 cm³/mol. The maximum atomic E-state index is 14.2. The summed E-state index contributed by atoms with van der Waals surface area (Å²) in [6, 6.07) is 20.7. The Morgan fingerprint density at radius 3 is 1.70 bits per heavy atom. The van der Waals surface area contributed by atoms with Gasteiger partial charge in [-0.05, 0) is 29.4 Å². The SMILES string of the molecule is CC1CC(C)CN(P2(=O)C=C(c3ccccc3)SC(c3ccccc3)=C2)C1. The van der Waals surface area contributed by atoms with Gasteiger partial charge in [-0.15, -0.1) is 0 Å². The molecule has 0 amide bonds.